The Bertz CT molecular complexity index is 736. The van der Waals surface area contributed by atoms with Crippen LogP contribution < -0.4 is 10.6 Å². The highest BCUT2D eigenvalue weighted by molar-refractivity contribution is 6.05. The number of carbonyl (C=O) groups is 2. The first-order valence-corrected chi connectivity index (χ1v) is 7.99. The second-order valence-electron chi connectivity index (χ2n) is 5.78. The third-order valence-electron chi connectivity index (χ3n) is 4.05. The Labute approximate surface area is 135 Å². The maximum absolute atomic E-state index is 12.3. The van der Waals surface area contributed by atoms with Crippen LogP contribution in [0.4, 0.5) is 5.69 Å². The van der Waals surface area contributed by atoms with E-state index in [9.17, 15) is 9.59 Å². The summed E-state index contributed by atoms with van der Waals surface area (Å²) < 4.78 is 0. The van der Waals surface area contributed by atoms with Crippen molar-refractivity contribution < 1.29 is 9.59 Å². The molecule has 0 aromatic heterocycles. The summed E-state index contributed by atoms with van der Waals surface area (Å²) in [6.45, 7) is 2.80. The fourth-order valence-corrected chi connectivity index (χ4v) is 2.80. The van der Waals surface area contributed by atoms with Crippen molar-refractivity contribution in [3.8, 4) is 0 Å². The van der Waals surface area contributed by atoms with Gasteiger partial charge in [-0.05, 0) is 48.2 Å². The summed E-state index contributed by atoms with van der Waals surface area (Å²) in [5.74, 6) is -0.240. The van der Waals surface area contributed by atoms with Gasteiger partial charge in [0.2, 0.25) is 0 Å². The molecule has 4 heteroatoms. The summed E-state index contributed by atoms with van der Waals surface area (Å²) in [5.41, 5.74) is 4.16. The van der Waals surface area contributed by atoms with Crippen LogP contribution in [0.25, 0.3) is 0 Å². The van der Waals surface area contributed by atoms with Gasteiger partial charge < -0.3 is 10.6 Å². The minimum absolute atomic E-state index is 0.0775. The predicted molar refractivity (Wildman–Crippen MR) is 90.9 cm³/mol. The van der Waals surface area contributed by atoms with Crippen molar-refractivity contribution in [1.82, 2.24) is 5.32 Å². The molecule has 3 rings (SSSR count). The van der Waals surface area contributed by atoms with Crippen molar-refractivity contribution in [1.29, 1.82) is 0 Å². The van der Waals surface area contributed by atoms with Crippen LogP contribution in [0, 0.1) is 0 Å². The number of nitrogens with one attached hydrogen (secondary N) is 2. The lowest BCUT2D eigenvalue weighted by atomic mass is 9.99. The fourth-order valence-electron chi connectivity index (χ4n) is 2.80. The number of anilines is 1. The van der Waals surface area contributed by atoms with Crippen LogP contribution in [-0.2, 0) is 12.8 Å². The van der Waals surface area contributed by atoms with Crippen LogP contribution in [0.2, 0.25) is 0 Å². The van der Waals surface area contributed by atoms with Crippen molar-refractivity contribution in [2.45, 2.75) is 26.2 Å². The minimum atomic E-state index is -0.163. The van der Waals surface area contributed by atoms with Crippen molar-refractivity contribution in [3.05, 3.63) is 64.7 Å². The van der Waals surface area contributed by atoms with Gasteiger partial charge in [0, 0.05) is 23.4 Å². The van der Waals surface area contributed by atoms with E-state index in [1.165, 1.54) is 5.56 Å². The first kappa shape index (κ1) is 15.3. The van der Waals surface area contributed by atoms with E-state index in [1.54, 1.807) is 6.07 Å². The topological polar surface area (TPSA) is 58.2 Å². The van der Waals surface area contributed by atoms with Gasteiger partial charge in [-0.3, -0.25) is 9.59 Å². The number of hydrogen-bond donors (Lipinski definition) is 2. The molecule has 23 heavy (non-hydrogen) atoms. The van der Waals surface area contributed by atoms with Gasteiger partial charge in [-0.1, -0.05) is 31.5 Å². The molecule has 0 spiro atoms. The summed E-state index contributed by atoms with van der Waals surface area (Å²) in [6.07, 6.45) is 2.93. The number of rotatable bonds is 4. The molecule has 0 atom stereocenters. The molecule has 0 bridgehead atoms. The van der Waals surface area contributed by atoms with Gasteiger partial charge in [0.15, 0.2) is 0 Å². The molecular weight excluding hydrogens is 288 g/mol. The highest BCUT2D eigenvalue weighted by atomic mass is 16.2. The fraction of sp³-hybridized carbons (Fsp3) is 0.263. The summed E-state index contributed by atoms with van der Waals surface area (Å²) in [5, 5.41) is 5.68. The van der Waals surface area contributed by atoms with Crippen LogP contribution in [0.5, 0.6) is 0 Å². The van der Waals surface area contributed by atoms with Gasteiger partial charge in [0.05, 0.1) is 0 Å². The quantitative estimate of drug-likeness (QED) is 0.911. The number of carbonyl (C=O) groups excluding carboxylic acids is 2. The summed E-state index contributed by atoms with van der Waals surface area (Å²) in [4.78, 5) is 24.2. The van der Waals surface area contributed by atoms with Gasteiger partial charge in [0.25, 0.3) is 11.8 Å². The van der Waals surface area contributed by atoms with E-state index < -0.39 is 0 Å². The van der Waals surface area contributed by atoms with Crippen LogP contribution in [0.15, 0.2) is 42.5 Å². The first-order valence-electron chi connectivity index (χ1n) is 7.99. The Morgan fingerprint density at radius 1 is 1.17 bits per heavy atom. The summed E-state index contributed by atoms with van der Waals surface area (Å²) >= 11 is 0. The molecule has 0 fully saturated rings. The van der Waals surface area contributed by atoms with Gasteiger partial charge in [-0.2, -0.15) is 0 Å². The zero-order valence-corrected chi connectivity index (χ0v) is 13.2. The molecule has 1 aliphatic heterocycles. The zero-order chi connectivity index (χ0) is 16.2. The lowest BCUT2D eigenvalue weighted by Crippen LogP contribution is -2.31. The Morgan fingerprint density at radius 2 is 1.96 bits per heavy atom. The molecule has 0 aliphatic carbocycles. The third-order valence-corrected chi connectivity index (χ3v) is 4.05. The molecule has 2 amide bonds. The average molecular weight is 308 g/mol. The van der Waals surface area contributed by atoms with Crippen LogP contribution in [0.1, 0.15) is 45.2 Å². The molecule has 1 aliphatic rings. The number of hydrogen-bond acceptors (Lipinski definition) is 2. The molecule has 0 saturated heterocycles. The minimum Gasteiger partial charge on any atom is -0.352 e. The molecule has 2 N–H and O–H groups in total. The molecule has 0 unspecified atom stereocenters. The lowest BCUT2D eigenvalue weighted by molar-refractivity contribution is 0.0944. The van der Waals surface area contributed by atoms with Crippen molar-refractivity contribution >= 4 is 17.5 Å². The standard InChI is InChI=1S/C19H20N2O2/c1-2-3-13-4-6-15(7-5-13)18(22)21-16-9-8-14-10-11-20-19(23)17(14)12-16/h4-9,12H,2-3,10-11H2,1H3,(H,20,23)(H,21,22). The van der Waals surface area contributed by atoms with Gasteiger partial charge in [0.1, 0.15) is 0 Å². The van der Waals surface area contributed by atoms with E-state index in [-0.39, 0.29) is 11.8 Å². The normalized spacial score (nSPS) is 13.2. The van der Waals surface area contributed by atoms with Crippen molar-refractivity contribution in [3.63, 3.8) is 0 Å². The largest absolute Gasteiger partial charge is 0.352 e. The number of aryl methyl sites for hydroxylation is 1. The number of amides is 2. The molecule has 4 nitrogen and oxygen atoms in total. The SMILES string of the molecule is CCCc1ccc(C(=O)Nc2ccc3c(c2)C(=O)NCC3)cc1. The second-order valence-corrected chi connectivity index (χ2v) is 5.78. The lowest BCUT2D eigenvalue weighted by Gasteiger charge is -2.17. The molecule has 2 aromatic rings. The van der Waals surface area contributed by atoms with E-state index in [0.29, 0.717) is 23.4 Å². The van der Waals surface area contributed by atoms with Crippen molar-refractivity contribution in [2.75, 3.05) is 11.9 Å². The summed E-state index contributed by atoms with van der Waals surface area (Å²) in [7, 11) is 0. The maximum Gasteiger partial charge on any atom is 0.255 e. The molecule has 0 saturated carbocycles. The molecule has 2 aromatic carbocycles. The molecule has 118 valence electrons. The van der Waals surface area contributed by atoms with Crippen LogP contribution >= 0.6 is 0 Å². The second kappa shape index (κ2) is 6.65. The Balaban J connectivity index is 1.75. The van der Waals surface area contributed by atoms with E-state index in [1.807, 2.05) is 36.4 Å². The Kier molecular flexibility index (Phi) is 4.42. The van der Waals surface area contributed by atoms with E-state index in [0.717, 1.165) is 24.8 Å². The summed E-state index contributed by atoms with van der Waals surface area (Å²) in [6, 6.07) is 13.1. The molecule has 0 radical (unpaired) electrons. The van der Waals surface area contributed by atoms with E-state index in [4.69, 9.17) is 0 Å². The van der Waals surface area contributed by atoms with Crippen molar-refractivity contribution in [2.24, 2.45) is 0 Å². The van der Waals surface area contributed by atoms with Crippen LogP contribution in [0.3, 0.4) is 0 Å². The number of benzene rings is 2. The van der Waals surface area contributed by atoms with E-state index in [2.05, 4.69) is 17.6 Å². The highest BCUT2D eigenvalue weighted by Gasteiger charge is 2.17. The van der Waals surface area contributed by atoms with Crippen LogP contribution in [-0.4, -0.2) is 18.4 Å². The van der Waals surface area contributed by atoms with E-state index >= 15 is 0 Å². The average Bonchev–Trinajstić information content (AvgIpc) is 2.56. The zero-order valence-electron chi connectivity index (χ0n) is 13.2. The Morgan fingerprint density at radius 3 is 2.70 bits per heavy atom. The smallest absolute Gasteiger partial charge is 0.255 e. The molecular formula is C19H20N2O2. The maximum atomic E-state index is 12.3. The highest BCUT2D eigenvalue weighted by Crippen LogP contribution is 2.20. The predicted octanol–water partition coefficient (Wildman–Crippen LogP) is 3.18. The first-order chi connectivity index (χ1) is 11.2. The third kappa shape index (κ3) is 3.42. The van der Waals surface area contributed by atoms with Gasteiger partial charge in [-0.15, -0.1) is 0 Å². The monoisotopic (exact) mass is 308 g/mol. The Hall–Kier alpha value is -2.62. The number of fused-ring (bicyclic) bond motifs is 1. The van der Waals surface area contributed by atoms with Gasteiger partial charge >= 0.3 is 0 Å². The molecule has 1 heterocycles. The van der Waals surface area contributed by atoms with Gasteiger partial charge in [-0.25, -0.2) is 0 Å².